The molecule has 2 rings (SSSR count). The fourth-order valence-electron chi connectivity index (χ4n) is 2.46. The summed E-state index contributed by atoms with van der Waals surface area (Å²) in [6.07, 6.45) is 2.22. The second kappa shape index (κ2) is 6.53. The monoisotopic (exact) mass is 318 g/mol. The largest absolute Gasteiger partial charge is 0.356 e. The molecule has 23 heavy (non-hydrogen) atoms. The molecule has 0 aromatic carbocycles. The van der Waals surface area contributed by atoms with Gasteiger partial charge in [0.1, 0.15) is 17.6 Å². The van der Waals surface area contributed by atoms with Crippen LogP contribution in [-0.2, 0) is 4.79 Å². The van der Waals surface area contributed by atoms with Crippen LogP contribution in [0, 0.1) is 16.7 Å². The van der Waals surface area contributed by atoms with Gasteiger partial charge in [0.2, 0.25) is 5.91 Å². The van der Waals surface area contributed by atoms with E-state index in [0.29, 0.717) is 31.5 Å². The van der Waals surface area contributed by atoms with Crippen molar-refractivity contribution in [3.05, 3.63) is 23.9 Å². The summed E-state index contributed by atoms with van der Waals surface area (Å²) >= 11 is 0. The Morgan fingerprint density at radius 1 is 1.43 bits per heavy atom. The van der Waals surface area contributed by atoms with E-state index in [-0.39, 0.29) is 12.5 Å². The summed E-state index contributed by atoms with van der Waals surface area (Å²) in [5.41, 5.74) is -1.37. The number of rotatable bonds is 3. The lowest BCUT2D eigenvalue weighted by atomic mass is 9.91. The molecule has 0 aliphatic carbocycles. The van der Waals surface area contributed by atoms with Crippen molar-refractivity contribution in [1.82, 2.24) is 10.3 Å². The van der Waals surface area contributed by atoms with Crippen molar-refractivity contribution in [2.45, 2.75) is 39.3 Å². The van der Waals surface area contributed by atoms with Crippen molar-refractivity contribution in [1.29, 1.82) is 5.26 Å². The summed E-state index contributed by atoms with van der Waals surface area (Å²) in [5, 5.41) is 11.5. The molecule has 1 fully saturated rings. The van der Waals surface area contributed by atoms with Crippen LogP contribution in [0.15, 0.2) is 18.3 Å². The molecule has 0 radical (unpaired) electrons. The molecule has 1 N–H and O–H groups in total. The normalized spacial score (nSPS) is 17.4. The van der Waals surface area contributed by atoms with Gasteiger partial charge in [-0.2, -0.15) is 5.26 Å². The van der Waals surface area contributed by atoms with E-state index in [2.05, 4.69) is 10.3 Å². The molecule has 0 unspecified atom stereocenters. The van der Waals surface area contributed by atoms with E-state index in [1.54, 1.807) is 12.1 Å². The Bertz CT molecular complexity index is 593. The summed E-state index contributed by atoms with van der Waals surface area (Å²) in [6, 6.07) is 5.52. The molecule has 1 aliphatic heterocycles. The molecule has 6 heteroatoms. The van der Waals surface area contributed by atoms with Crippen LogP contribution in [0.1, 0.15) is 39.2 Å². The first kappa shape index (κ1) is 17.2. The lowest BCUT2D eigenvalue weighted by molar-refractivity contribution is -0.129. The Morgan fingerprint density at radius 3 is 2.57 bits per heavy atom. The lowest BCUT2D eigenvalue weighted by Crippen LogP contribution is -2.50. The second-order valence-electron chi connectivity index (χ2n) is 7.09. The summed E-state index contributed by atoms with van der Waals surface area (Å²) in [7, 11) is 0. The number of nitrogens with one attached hydrogen (secondary N) is 1. The number of halogens is 1. The van der Waals surface area contributed by atoms with Gasteiger partial charge < -0.3 is 10.2 Å². The minimum absolute atomic E-state index is 0.0533. The first-order chi connectivity index (χ1) is 10.7. The molecule has 2 heterocycles. The number of amides is 1. The maximum Gasteiger partial charge on any atom is 0.225 e. The van der Waals surface area contributed by atoms with Crippen molar-refractivity contribution in [3.63, 3.8) is 0 Å². The molecular weight excluding hydrogens is 295 g/mol. The van der Waals surface area contributed by atoms with Gasteiger partial charge in [-0.3, -0.25) is 4.79 Å². The van der Waals surface area contributed by atoms with Crippen LogP contribution >= 0.6 is 0 Å². The molecule has 1 saturated heterocycles. The molecule has 1 aliphatic rings. The van der Waals surface area contributed by atoms with Crippen LogP contribution in [0.25, 0.3) is 0 Å². The smallest absolute Gasteiger partial charge is 0.225 e. The van der Waals surface area contributed by atoms with Crippen molar-refractivity contribution >= 4 is 11.7 Å². The predicted molar refractivity (Wildman–Crippen MR) is 86.7 cm³/mol. The number of anilines is 1. The van der Waals surface area contributed by atoms with Gasteiger partial charge >= 0.3 is 0 Å². The summed E-state index contributed by atoms with van der Waals surface area (Å²) in [5.74, 6) is 0.621. The van der Waals surface area contributed by atoms with E-state index in [9.17, 15) is 9.18 Å². The number of carbonyl (C=O) groups is 1. The SMILES string of the molecule is CC(C)(C)C(=O)NCC1(F)CCN(c2ccc(C#N)cn2)CC1. The van der Waals surface area contributed by atoms with E-state index >= 15 is 0 Å². The van der Waals surface area contributed by atoms with Crippen molar-refractivity contribution < 1.29 is 9.18 Å². The Balaban J connectivity index is 1.89. The van der Waals surface area contributed by atoms with E-state index in [4.69, 9.17) is 5.26 Å². The number of nitriles is 1. The van der Waals surface area contributed by atoms with Gasteiger partial charge in [0.05, 0.1) is 12.1 Å². The quantitative estimate of drug-likeness (QED) is 0.929. The number of alkyl halides is 1. The van der Waals surface area contributed by atoms with Gasteiger partial charge in [0.25, 0.3) is 0 Å². The molecule has 0 atom stereocenters. The Morgan fingerprint density at radius 2 is 2.09 bits per heavy atom. The number of aromatic nitrogens is 1. The topological polar surface area (TPSA) is 69.0 Å². The molecule has 124 valence electrons. The third-order valence-electron chi connectivity index (χ3n) is 4.11. The van der Waals surface area contributed by atoms with Crippen LogP contribution in [0.5, 0.6) is 0 Å². The zero-order valence-corrected chi connectivity index (χ0v) is 13.9. The molecule has 0 saturated carbocycles. The minimum Gasteiger partial charge on any atom is -0.356 e. The highest BCUT2D eigenvalue weighted by Gasteiger charge is 2.36. The highest BCUT2D eigenvalue weighted by atomic mass is 19.1. The maximum atomic E-state index is 14.8. The fraction of sp³-hybridized carbons (Fsp3) is 0.588. The highest BCUT2D eigenvalue weighted by Crippen LogP contribution is 2.28. The second-order valence-corrected chi connectivity index (χ2v) is 7.09. The molecule has 5 nitrogen and oxygen atoms in total. The summed E-state index contributed by atoms with van der Waals surface area (Å²) in [4.78, 5) is 18.1. The van der Waals surface area contributed by atoms with Gasteiger partial charge in [0, 0.05) is 37.5 Å². The number of hydrogen-bond acceptors (Lipinski definition) is 4. The van der Waals surface area contributed by atoms with Gasteiger partial charge in [-0.05, 0) is 12.1 Å². The zero-order chi connectivity index (χ0) is 17.1. The molecule has 0 spiro atoms. The van der Waals surface area contributed by atoms with Crippen LogP contribution in [0.3, 0.4) is 0 Å². The van der Waals surface area contributed by atoms with Crippen molar-refractivity contribution in [2.24, 2.45) is 5.41 Å². The minimum atomic E-state index is -1.37. The van der Waals surface area contributed by atoms with E-state index in [1.165, 1.54) is 6.20 Å². The Labute approximate surface area is 136 Å². The van der Waals surface area contributed by atoms with Gasteiger partial charge in [0.15, 0.2) is 0 Å². The molecular formula is C17H23FN4O. The average molecular weight is 318 g/mol. The first-order valence-electron chi connectivity index (χ1n) is 7.82. The van der Waals surface area contributed by atoms with Crippen LogP contribution in [0.4, 0.5) is 10.2 Å². The van der Waals surface area contributed by atoms with E-state index in [0.717, 1.165) is 5.82 Å². The van der Waals surface area contributed by atoms with Gasteiger partial charge in [-0.15, -0.1) is 0 Å². The molecule has 1 aromatic heterocycles. The third-order valence-corrected chi connectivity index (χ3v) is 4.11. The fourth-order valence-corrected chi connectivity index (χ4v) is 2.46. The van der Waals surface area contributed by atoms with E-state index < -0.39 is 11.1 Å². The maximum absolute atomic E-state index is 14.8. The van der Waals surface area contributed by atoms with Crippen LogP contribution < -0.4 is 10.2 Å². The predicted octanol–water partition coefficient (Wildman–Crippen LogP) is 2.42. The highest BCUT2D eigenvalue weighted by molar-refractivity contribution is 5.81. The van der Waals surface area contributed by atoms with Crippen LogP contribution in [0.2, 0.25) is 0 Å². The summed E-state index contributed by atoms with van der Waals surface area (Å²) < 4.78 is 14.8. The number of piperidine rings is 1. The van der Waals surface area contributed by atoms with E-state index in [1.807, 2.05) is 31.7 Å². The molecule has 1 amide bonds. The Kier molecular flexibility index (Phi) is 4.88. The molecule has 1 aromatic rings. The van der Waals surface area contributed by atoms with Gasteiger partial charge in [-0.25, -0.2) is 9.37 Å². The molecule has 0 bridgehead atoms. The Hall–Kier alpha value is -2.16. The third kappa shape index (κ3) is 4.41. The lowest BCUT2D eigenvalue weighted by Gasteiger charge is -2.37. The van der Waals surface area contributed by atoms with Gasteiger partial charge in [-0.1, -0.05) is 20.8 Å². The van der Waals surface area contributed by atoms with Crippen molar-refractivity contribution in [2.75, 3.05) is 24.5 Å². The van der Waals surface area contributed by atoms with Crippen LogP contribution in [-0.4, -0.2) is 36.2 Å². The zero-order valence-electron chi connectivity index (χ0n) is 13.9. The standard InChI is InChI=1S/C17H23FN4O/c1-16(2,3)15(23)21-12-17(18)6-8-22(9-7-17)14-5-4-13(10-19)11-20-14/h4-5,11H,6-9,12H2,1-3H3,(H,21,23). The number of hydrogen-bond donors (Lipinski definition) is 1. The number of nitrogens with zero attached hydrogens (tertiary/aromatic N) is 3. The van der Waals surface area contributed by atoms with Crippen molar-refractivity contribution in [3.8, 4) is 6.07 Å². The number of pyridine rings is 1. The summed E-state index contributed by atoms with van der Waals surface area (Å²) in [6.45, 7) is 6.57. The number of carbonyl (C=O) groups excluding carboxylic acids is 1. The average Bonchev–Trinajstić information content (AvgIpc) is 2.53. The first-order valence-corrected chi connectivity index (χ1v) is 7.82.